The third kappa shape index (κ3) is 3.72. The molecule has 4 rings (SSSR count). The molecule has 0 saturated heterocycles. The van der Waals surface area contributed by atoms with E-state index < -0.39 is 5.92 Å². The Bertz CT molecular complexity index is 1130. The van der Waals surface area contributed by atoms with Crippen LogP contribution in [0.25, 0.3) is 6.08 Å². The summed E-state index contributed by atoms with van der Waals surface area (Å²) in [5.41, 5.74) is 9.42. The summed E-state index contributed by atoms with van der Waals surface area (Å²) in [5, 5.41) is 9.75. The fourth-order valence-corrected chi connectivity index (χ4v) is 4.03. The average molecular weight is 405 g/mol. The van der Waals surface area contributed by atoms with E-state index in [2.05, 4.69) is 11.0 Å². The first-order chi connectivity index (χ1) is 14.5. The molecule has 30 heavy (non-hydrogen) atoms. The molecule has 2 aromatic carbocycles. The molecule has 152 valence electrons. The summed E-state index contributed by atoms with van der Waals surface area (Å²) in [6.07, 6.45) is 1.87. The predicted molar refractivity (Wildman–Crippen MR) is 111 cm³/mol. The Balaban J connectivity index is 1.89. The topological polar surface area (TPSA) is 62.3 Å². The third-order valence-electron chi connectivity index (χ3n) is 5.43. The van der Waals surface area contributed by atoms with E-state index in [1.165, 1.54) is 24.3 Å². The number of allylic oxidation sites excluding steroid dienone is 1. The van der Waals surface area contributed by atoms with Crippen LogP contribution in [0.3, 0.4) is 0 Å². The van der Waals surface area contributed by atoms with E-state index in [1.807, 2.05) is 19.1 Å². The maximum absolute atomic E-state index is 14.0. The maximum atomic E-state index is 14.0. The Morgan fingerprint density at radius 2 is 1.90 bits per heavy atom. The fourth-order valence-electron chi connectivity index (χ4n) is 4.03. The number of rotatable bonds is 3. The van der Waals surface area contributed by atoms with Crippen molar-refractivity contribution < 1.29 is 13.5 Å². The van der Waals surface area contributed by atoms with Crippen molar-refractivity contribution in [2.75, 3.05) is 19.6 Å². The van der Waals surface area contributed by atoms with Crippen LogP contribution >= 0.6 is 0 Å². The standard InChI is InChI=1S/C24H21F2N3O/c1-2-29-13-17(9-15-5-3-7-18(25)10-15)23-21(14-29)22(20(12-27)24(28)30-23)16-6-4-8-19(26)11-16/h3-11,22H,2,13-14,28H2,1H3/b17-9+/t22-/m0/s1. The molecular weight excluding hydrogens is 384 g/mol. The van der Waals surface area contributed by atoms with Gasteiger partial charge in [0.15, 0.2) is 0 Å². The van der Waals surface area contributed by atoms with Crippen LogP contribution in [-0.2, 0) is 4.74 Å². The van der Waals surface area contributed by atoms with Gasteiger partial charge in [-0.1, -0.05) is 31.2 Å². The van der Waals surface area contributed by atoms with Gasteiger partial charge in [-0.3, -0.25) is 4.90 Å². The van der Waals surface area contributed by atoms with Crippen molar-refractivity contribution >= 4 is 6.08 Å². The molecule has 0 bridgehead atoms. The number of nitriles is 1. The van der Waals surface area contributed by atoms with E-state index in [-0.39, 0.29) is 23.1 Å². The number of nitrogens with two attached hydrogens (primary N) is 1. The molecule has 1 atom stereocenters. The zero-order valence-corrected chi connectivity index (χ0v) is 16.5. The molecule has 0 aromatic heterocycles. The highest BCUT2D eigenvalue weighted by Gasteiger charge is 2.37. The maximum Gasteiger partial charge on any atom is 0.205 e. The summed E-state index contributed by atoms with van der Waals surface area (Å²) in [6, 6.07) is 14.6. The second-order valence-electron chi connectivity index (χ2n) is 7.36. The molecule has 0 fully saturated rings. The van der Waals surface area contributed by atoms with Gasteiger partial charge in [-0.2, -0.15) is 5.26 Å². The monoisotopic (exact) mass is 405 g/mol. The number of likely N-dealkylation sites (N-methyl/N-ethyl adjacent to an activating group) is 1. The normalized spacial score (nSPS) is 20.7. The number of benzene rings is 2. The summed E-state index contributed by atoms with van der Waals surface area (Å²) < 4.78 is 33.6. The number of nitrogens with zero attached hydrogens (tertiary/aromatic N) is 2. The smallest absolute Gasteiger partial charge is 0.205 e. The summed E-state index contributed by atoms with van der Waals surface area (Å²) in [7, 11) is 0. The van der Waals surface area contributed by atoms with Crippen LogP contribution in [0.2, 0.25) is 0 Å². The molecule has 0 saturated carbocycles. The largest absolute Gasteiger partial charge is 0.440 e. The highest BCUT2D eigenvalue weighted by molar-refractivity contribution is 5.63. The highest BCUT2D eigenvalue weighted by atomic mass is 19.1. The minimum Gasteiger partial charge on any atom is -0.440 e. The molecule has 6 heteroatoms. The van der Waals surface area contributed by atoms with Crippen LogP contribution < -0.4 is 5.73 Å². The van der Waals surface area contributed by atoms with Crippen LogP contribution in [0.15, 0.2) is 76.9 Å². The molecule has 4 nitrogen and oxygen atoms in total. The SMILES string of the molecule is CCN1CC2=C(OC(N)=C(C#N)[C@@H]2c2cccc(F)c2)/C(=C/c2cccc(F)c2)C1. The molecule has 2 heterocycles. The van der Waals surface area contributed by atoms with E-state index in [4.69, 9.17) is 10.5 Å². The second kappa shape index (κ2) is 8.13. The minimum absolute atomic E-state index is 0.0144. The molecule has 2 N–H and O–H groups in total. The molecule has 0 amide bonds. The van der Waals surface area contributed by atoms with Gasteiger partial charge >= 0.3 is 0 Å². The molecular formula is C24H21F2N3O. The molecule has 0 aliphatic carbocycles. The molecule has 2 aliphatic heterocycles. The first kappa shape index (κ1) is 19.9. The summed E-state index contributed by atoms with van der Waals surface area (Å²) >= 11 is 0. The number of ether oxygens (including phenoxy) is 1. The van der Waals surface area contributed by atoms with Crippen LogP contribution in [-0.4, -0.2) is 24.5 Å². The fraction of sp³-hybridized carbons (Fsp3) is 0.208. The Morgan fingerprint density at radius 1 is 1.17 bits per heavy atom. The van der Waals surface area contributed by atoms with Gasteiger partial charge in [0.25, 0.3) is 0 Å². The lowest BCUT2D eigenvalue weighted by atomic mass is 9.80. The number of hydrogen-bond donors (Lipinski definition) is 1. The quantitative estimate of drug-likeness (QED) is 0.820. The lowest BCUT2D eigenvalue weighted by molar-refractivity contribution is 0.239. The average Bonchev–Trinajstić information content (AvgIpc) is 2.73. The van der Waals surface area contributed by atoms with Crippen molar-refractivity contribution in [3.8, 4) is 6.07 Å². The van der Waals surface area contributed by atoms with Crippen molar-refractivity contribution in [2.45, 2.75) is 12.8 Å². The summed E-state index contributed by atoms with van der Waals surface area (Å²) in [4.78, 5) is 2.19. The van der Waals surface area contributed by atoms with Crippen molar-refractivity contribution in [2.24, 2.45) is 5.73 Å². The Kier molecular flexibility index (Phi) is 5.39. The Morgan fingerprint density at radius 3 is 2.57 bits per heavy atom. The van der Waals surface area contributed by atoms with Gasteiger partial charge in [0.1, 0.15) is 29.0 Å². The first-order valence-electron chi connectivity index (χ1n) is 9.75. The predicted octanol–water partition coefficient (Wildman–Crippen LogP) is 4.45. The zero-order valence-electron chi connectivity index (χ0n) is 16.5. The summed E-state index contributed by atoms with van der Waals surface area (Å²) in [5.74, 6) is -0.610. The highest BCUT2D eigenvalue weighted by Crippen LogP contribution is 2.43. The van der Waals surface area contributed by atoms with Crippen molar-refractivity contribution in [1.82, 2.24) is 4.90 Å². The van der Waals surface area contributed by atoms with Crippen molar-refractivity contribution in [3.63, 3.8) is 0 Å². The second-order valence-corrected chi connectivity index (χ2v) is 7.36. The van der Waals surface area contributed by atoms with Gasteiger partial charge in [-0.25, -0.2) is 8.78 Å². The van der Waals surface area contributed by atoms with Crippen LogP contribution in [0.1, 0.15) is 24.0 Å². The van der Waals surface area contributed by atoms with E-state index >= 15 is 0 Å². The Labute approximate surface area is 174 Å². The van der Waals surface area contributed by atoms with Gasteiger partial charge in [-0.05, 0) is 53.6 Å². The number of hydrogen-bond acceptors (Lipinski definition) is 4. The lowest BCUT2D eigenvalue weighted by Crippen LogP contribution is -2.38. The van der Waals surface area contributed by atoms with E-state index in [1.54, 1.807) is 18.2 Å². The van der Waals surface area contributed by atoms with Gasteiger partial charge in [0, 0.05) is 18.7 Å². The van der Waals surface area contributed by atoms with E-state index in [0.717, 1.165) is 17.7 Å². The lowest BCUT2D eigenvalue weighted by Gasteiger charge is -2.38. The van der Waals surface area contributed by atoms with E-state index in [9.17, 15) is 14.0 Å². The minimum atomic E-state index is -0.500. The molecule has 0 spiro atoms. The molecule has 0 unspecified atom stereocenters. The molecule has 2 aliphatic rings. The molecule has 0 radical (unpaired) electrons. The van der Waals surface area contributed by atoms with Crippen molar-refractivity contribution in [3.05, 3.63) is 99.7 Å². The van der Waals surface area contributed by atoms with Gasteiger partial charge in [0.2, 0.25) is 5.88 Å². The van der Waals surface area contributed by atoms with E-state index in [0.29, 0.717) is 30.0 Å². The number of halogens is 2. The van der Waals surface area contributed by atoms with Crippen molar-refractivity contribution in [1.29, 1.82) is 5.26 Å². The van der Waals surface area contributed by atoms with Gasteiger partial charge in [0.05, 0.1) is 5.92 Å². The summed E-state index contributed by atoms with van der Waals surface area (Å²) in [6.45, 7) is 3.97. The van der Waals surface area contributed by atoms with Crippen LogP contribution in [0.5, 0.6) is 0 Å². The van der Waals surface area contributed by atoms with Crippen LogP contribution in [0, 0.1) is 23.0 Å². The third-order valence-corrected chi connectivity index (χ3v) is 5.43. The Hall–Kier alpha value is -3.43. The molecule has 2 aromatic rings. The van der Waals surface area contributed by atoms with Gasteiger partial charge in [-0.15, -0.1) is 0 Å². The van der Waals surface area contributed by atoms with Gasteiger partial charge < -0.3 is 10.5 Å². The van der Waals surface area contributed by atoms with Crippen LogP contribution in [0.4, 0.5) is 8.78 Å². The zero-order chi connectivity index (χ0) is 21.3. The first-order valence-corrected chi connectivity index (χ1v) is 9.75.